The van der Waals surface area contributed by atoms with E-state index in [2.05, 4.69) is 20.9 Å². The first kappa shape index (κ1) is 9.21. The molecule has 0 saturated carbocycles. The second kappa shape index (κ2) is 3.23. The Kier molecular flexibility index (Phi) is 1.99. The van der Waals surface area contributed by atoms with Gasteiger partial charge in [-0.25, -0.2) is 4.79 Å². The van der Waals surface area contributed by atoms with Gasteiger partial charge in [0.05, 0.1) is 11.0 Å². The molecule has 0 unspecified atom stereocenters. The third-order valence-electron chi connectivity index (χ3n) is 3.04. The number of hydrogen-bond acceptors (Lipinski definition) is 1. The monoisotopic (exact) mass is 266 g/mol. The van der Waals surface area contributed by atoms with Crippen LogP contribution in [0.5, 0.6) is 0 Å². The first-order valence-electron chi connectivity index (χ1n) is 5.17. The van der Waals surface area contributed by atoms with Crippen molar-refractivity contribution >= 4 is 27.0 Å². The Bertz CT molecular complexity index is 582. The highest BCUT2D eigenvalue weighted by Gasteiger charge is 2.16. The first-order valence-corrected chi connectivity index (χ1v) is 5.96. The predicted octanol–water partition coefficient (Wildman–Crippen LogP) is 2.43. The van der Waals surface area contributed by atoms with Crippen LogP contribution in [0.25, 0.3) is 11.0 Å². The highest BCUT2D eigenvalue weighted by Crippen LogP contribution is 2.28. The van der Waals surface area contributed by atoms with Crippen molar-refractivity contribution in [1.29, 1.82) is 0 Å². The van der Waals surface area contributed by atoms with Gasteiger partial charge in [-0.1, -0.05) is 15.9 Å². The van der Waals surface area contributed by atoms with Gasteiger partial charge in [0.15, 0.2) is 0 Å². The smallest absolute Gasteiger partial charge is 0.306 e. The Morgan fingerprint density at radius 3 is 3.07 bits per heavy atom. The average Bonchev–Trinajstić information content (AvgIpc) is 2.44. The van der Waals surface area contributed by atoms with Gasteiger partial charge in [0.2, 0.25) is 0 Å². The number of aromatic nitrogens is 2. The van der Waals surface area contributed by atoms with Crippen LogP contribution < -0.4 is 5.69 Å². The predicted molar refractivity (Wildman–Crippen MR) is 63.2 cm³/mol. The van der Waals surface area contributed by atoms with Gasteiger partial charge in [0.1, 0.15) is 0 Å². The summed E-state index contributed by atoms with van der Waals surface area (Å²) in [5, 5.41) is 0. The maximum absolute atomic E-state index is 11.7. The number of hydrogen-bond donors (Lipinski definition) is 1. The van der Waals surface area contributed by atoms with Crippen LogP contribution in [-0.4, -0.2) is 9.55 Å². The zero-order valence-corrected chi connectivity index (χ0v) is 9.80. The molecule has 0 fully saturated rings. The molecular weight excluding hydrogens is 256 g/mol. The molecule has 0 bridgehead atoms. The fourth-order valence-corrected chi connectivity index (χ4v) is 2.85. The number of H-pyrrole nitrogens is 1. The molecule has 0 aliphatic carbocycles. The number of nitrogens with one attached hydrogen (secondary N) is 1. The summed E-state index contributed by atoms with van der Waals surface area (Å²) in [5.74, 6) is 0. The van der Waals surface area contributed by atoms with E-state index in [1.165, 1.54) is 5.56 Å². The molecule has 0 radical (unpaired) electrons. The lowest BCUT2D eigenvalue weighted by Gasteiger charge is -2.04. The van der Waals surface area contributed by atoms with E-state index in [1.54, 1.807) is 0 Å². The van der Waals surface area contributed by atoms with Crippen LogP contribution in [0.1, 0.15) is 18.4 Å². The van der Waals surface area contributed by atoms with E-state index in [-0.39, 0.29) is 5.69 Å². The number of aromatic amines is 1. The molecule has 15 heavy (non-hydrogen) atoms. The molecule has 0 spiro atoms. The average molecular weight is 267 g/mol. The van der Waals surface area contributed by atoms with Gasteiger partial charge in [-0.15, -0.1) is 0 Å². The van der Waals surface area contributed by atoms with E-state index in [0.29, 0.717) is 0 Å². The standard InChI is InChI=1S/C11H11BrN2O/c12-8-4-5-9-10-7(8)3-1-2-6-14(10)11(15)13-9/h4-5H,1-3,6H2,(H,13,15). The molecular formula is C11H11BrN2O. The normalized spacial score (nSPS) is 15.5. The summed E-state index contributed by atoms with van der Waals surface area (Å²) in [6.07, 6.45) is 3.28. The van der Waals surface area contributed by atoms with Gasteiger partial charge in [0.25, 0.3) is 0 Å². The molecule has 3 nitrogen and oxygen atoms in total. The summed E-state index contributed by atoms with van der Waals surface area (Å²) in [4.78, 5) is 14.6. The van der Waals surface area contributed by atoms with Crippen LogP contribution in [0.4, 0.5) is 0 Å². The van der Waals surface area contributed by atoms with Crippen molar-refractivity contribution in [3.63, 3.8) is 0 Å². The lowest BCUT2D eigenvalue weighted by Crippen LogP contribution is -2.16. The second-order valence-electron chi connectivity index (χ2n) is 3.96. The lowest BCUT2D eigenvalue weighted by molar-refractivity contribution is 0.626. The fraction of sp³-hybridized carbons (Fsp3) is 0.364. The van der Waals surface area contributed by atoms with Gasteiger partial charge in [-0.05, 0) is 37.0 Å². The fourth-order valence-electron chi connectivity index (χ4n) is 2.33. The van der Waals surface area contributed by atoms with Crippen LogP contribution in [0.15, 0.2) is 21.4 Å². The van der Waals surface area contributed by atoms with Crippen LogP contribution in [-0.2, 0) is 13.0 Å². The Morgan fingerprint density at radius 1 is 1.33 bits per heavy atom. The molecule has 2 heterocycles. The third-order valence-corrected chi connectivity index (χ3v) is 3.78. The maximum atomic E-state index is 11.7. The molecule has 1 N–H and O–H groups in total. The Labute approximate surface area is 95.2 Å². The van der Waals surface area contributed by atoms with Crippen LogP contribution in [0.2, 0.25) is 0 Å². The molecule has 1 aliphatic heterocycles. The SMILES string of the molecule is O=c1[nH]c2ccc(Br)c3c2n1CCCC3. The van der Waals surface area contributed by atoms with E-state index in [9.17, 15) is 4.79 Å². The van der Waals surface area contributed by atoms with Crippen LogP contribution in [0.3, 0.4) is 0 Å². The van der Waals surface area contributed by atoms with Crippen molar-refractivity contribution in [3.8, 4) is 0 Å². The molecule has 3 rings (SSSR count). The Hall–Kier alpha value is -1.03. The molecule has 0 amide bonds. The van der Waals surface area contributed by atoms with E-state index in [1.807, 2.05) is 16.7 Å². The van der Waals surface area contributed by atoms with Gasteiger partial charge < -0.3 is 4.98 Å². The molecule has 78 valence electrons. The van der Waals surface area contributed by atoms with Crippen molar-refractivity contribution < 1.29 is 0 Å². The molecule has 2 aromatic rings. The van der Waals surface area contributed by atoms with E-state index in [0.717, 1.165) is 41.3 Å². The van der Waals surface area contributed by atoms with Gasteiger partial charge >= 0.3 is 5.69 Å². The summed E-state index contributed by atoms with van der Waals surface area (Å²) in [6.45, 7) is 0.836. The molecule has 4 heteroatoms. The van der Waals surface area contributed by atoms with E-state index < -0.39 is 0 Å². The number of nitrogens with zero attached hydrogens (tertiary/aromatic N) is 1. The van der Waals surface area contributed by atoms with Crippen molar-refractivity contribution in [2.45, 2.75) is 25.8 Å². The van der Waals surface area contributed by atoms with Gasteiger partial charge in [0, 0.05) is 11.0 Å². The number of imidazole rings is 1. The Morgan fingerprint density at radius 2 is 2.20 bits per heavy atom. The first-order chi connectivity index (χ1) is 7.27. The molecule has 1 aliphatic rings. The quantitative estimate of drug-likeness (QED) is 0.782. The second-order valence-corrected chi connectivity index (χ2v) is 4.82. The van der Waals surface area contributed by atoms with Gasteiger partial charge in [-0.2, -0.15) is 0 Å². The summed E-state index contributed by atoms with van der Waals surface area (Å²) in [7, 11) is 0. The lowest BCUT2D eigenvalue weighted by atomic mass is 10.1. The minimum absolute atomic E-state index is 0.0197. The van der Waals surface area contributed by atoms with E-state index in [4.69, 9.17) is 0 Å². The molecule has 0 atom stereocenters. The van der Waals surface area contributed by atoms with Gasteiger partial charge in [-0.3, -0.25) is 4.57 Å². The number of benzene rings is 1. The van der Waals surface area contributed by atoms with Crippen molar-refractivity contribution in [2.24, 2.45) is 0 Å². The van der Waals surface area contributed by atoms with Crippen molar-refractivity contribution in [3.05, 3.63) is 32.7 Å². The number of rotatable bonds is 0. The van der Waals surface area contributed by atoms with Crippen molar-refractivity contribution in [2.75, 3.05) is 0 Å². The summed E-state index contributed by atoms with van der Waals surface area (Å²) >= 11 is 3.56. The van der Waals surface area contributed by atoms with Crippen molar-refractivity contribution in [1.82, 2.24) is 9.55 Å². The summed E-state index contributed by atoms with van der Waals surface area (Å²) < 4.78 is 2.98. The van der Waals surface area contributed by atoms with Crippen LogP contribution in [0, 0.1) is 0 Å². The third kappa shape index (κ3) is 1.28. The Balaban J connectivity index is 2.50. The minimum atomic E-state index is 0.0197. The highest BCUT2D eigenvalue weighted by molar-refractivity contribution is 9.10. The van der Waals surface area contributed by atoms with E-state index >= 15 is 0 Å². The number of halogens is 1. The largest absolute Gasteiger partial charge is 0.326 e. The summed E-state index contributed by atoms with van der Waals surface area (Å²) in [5.41, 5.74) is 3.33. The topological polar surface area (TPSA) is 37.8 Å². The molecule has 1 aromatic heterocycles. The number of aryl methyl sites for hydroxylation is 2. The zero-order chi connectivity index (χ0) is 10.4. The highest BCUT2D eigenvalue weighted by atomic mass is 79.9. The molecule has 0 saturated heterocycles. The summed E-state index contributed by atoms with van der Waals surface area (Å²) in [6, 6.07) is 3.98. The minimum Gasteiger partial charge on any atom is -0.306 e. The maximum Gasteiger partial charge on any atom is 0.326 e. The molecule has 1 aromatic carbocycles. The zero-order valence-electron chi connectivity index (χ0n) is 8.22. The van der Waals surface area contributed by atoms with Crippen LogP contribution >= 0.6 is 15.9 Å².